The van der Waals surface area contributed by atoms with Crippen LogP contribution in [0.15, 0.2) is 0 Å². The van der Waals surface area contributed by atoms with Gasteiger partial charge in [0.15, 0.2) is 0 Å². The lowest BCUT2D eigenvalue weighted by Crippen LogP contribution is -2.45. The van der Waals surface area contributed by atoms with E-state index in [9.17, 15) is 0 Å². The van der Waals surface area contributed by atoms with Crippen LogP contribution in [0.5, 0.6) is 0 Å². The summed E-state index contributed by atoms with van der Waals surface area (Å²) in [6.07, 6.45) is 2.26. The first-order valence-electron chi connectivity index (χ1n) is 7.29. The van der Waals surface area contributed by atoms with E-state index in [2.05, 4.69) is 36.3 Å². The number of thiazole rings is 1. The van der Waals surface area contributed by atoms with Crippen molar-refractivity contribution in [2.24, 2.45) is 0 Å². The third-order valence-electron chi connectivity index (χ3n) is 3.72. The molecule has 0 unspecified atom stereocenters. The lowest BCUT2D eigenvalue weighted by molar-refractivity contribution is 0.132. The second-order valence-electron chi connectivity index (χ2n) is 5.10. The fourth-order valence-corrected chi connectivity index (χ4v) is 3.91. The molecule has 5 heteroatoms. The summed E-state index contributed by atoms with van der Waals surface area (Å²) >= 11 is 6.28. The Kier molecular flexibility index (Phi) is 6.13. The molecular formula is C14H25N3S2. The van der Waals surface area contributed by atoms with Crippen molar-refractivity contribution in [3.8, 4) is 0 Å². The maximum absolute atomic E-state index is 4.82. The van der Waals surface area contributed by atoms with Crippen LogP contribution in [0.4, 0.5) is 0 Å². The molecule has 1 aliphatic rings. The van der Waals surface area contributed by atoms with Gasteiger partial charge in [0, 0.05) is 36.8 Å². The number of hydrogen-bond donors (Lipinski definition) is 1. The molecule has 19 heavy (non-hydrogen) atoms. The molecule has 2 heterocycles. The summed E-state index contributed by atoms with van der Waals surface area (Å²) < 4.78 is 0. The normalized spacial score (nSPS) is 18.1. The molecule has 1 fully saturated rings. The van der Waals surface area contributed by atoms with E-state index in [4.69, 9.17) is 4.98 Å². The molecule has 108 valence electrons. The molecule has 0 radical (unpaired) electrons. The lowest BCUT2D eigenvalue weighted by Gasteiger charge is -2.33. The summed E-state index contributed by atoms with van der Waals surface area (Å²) in [7, 11) is 0. The number of likely N-dealkylation sites (N-methyl/N-ethyl adjacent to an activating group) is 1. The van der Waals surface area contributed by atoms with Gasteiger partial charge in [-0.25, -0.2) is 4.98 Å². The molecule has 0 aliphatic carbocycles. The predicted molar refractivity (Wildman–Crippen MR) is 86.2 cm³/mol. The van der Waals surface area contributed by atoms with Crippen molar-refractivity contribution in [1.29, 1.82) is 0 Å². The van der Waals surface area contributed by atoms with Gasteiger partial charge in [-0.2, -0.15) is 12.6 Å². The van der Waals surface area contributed by atoms with Crippen LogP contribution in [0.25, 0.3) is 0 Å². The Hall–Kier alpha value is -0.100. The van der Waals surface area contributed by atoms with Gasteiger partial charge in [-0.1, -0.05) is 20.3 Å². The van der Waals surface area contributed by atoms with Gasteiger partial charge in [-0.3, -0.25) is 4.90 Å². The molecule has 0 saturated carbocycles. The molecule has 1 saturated heterocycles. The van der Waals surface area contributed by atoms with Crippen LogP contribution in [-0.4, -0.2) is 47.5 Å². The summed E-state index contributed by atoms with van der Waals surface area (Å²) in [6, 6.07) is 0. The van der Waals surface area contributed by atoms with Crippen LogP contribution in [0.2, 0.25) is 0 Å². The third-order valence-corrected chi connectivity index (χ3v) is 5.34. The Morgan fingerprint density at radius 3 is 2.42 bits per heavy atom. The molecule has 0 atom stereocenters. The number of nitrogens with zero attached hydrogens (tertiary/aromatic N) is 3. The van der Waals surface area contributed by atoms with Crippen LogP contribution in [0.1, 0.15) is 35.8 Å². The van der Waals surface area contributed by atoms with E-state index in [0.29, 0.717) is 0 Å². The van der Waals surface area contributed by atoms with Gasteiger partial charge < -0.3 is 4.90 Å². The number of hydrogen-bond acceptors (Lipinski definition) is 5. The third kappa shape index (κ3) is 4.18. The zero-order valence-electron chi connectivity index (χ0n) is 12.1. The van der Waals surface area contributed by atoms with Crippen LogP contribution >= 0.6 is 24.0 Å². The van der Waals surface area contributed by atoms with E-state index < -0.39 is 0 Å². The highest BCUT2D eigenvalue weighted by molar-refractivity contribution is 7.79. The molecule has 2 rings (SSSR count). The van der Waals surface area contributed by atoms with Crippen molar-refractivity contribution in [2.75, 3.05) is 32.7 Å². The van der Waals surface area contributed by atoms with Gasteiger partial charge in [-0.05, 0) is 13.0 Å². The standard InChI is InChI=1S/C14H25N3S2/c1-3-5-12-13(11-18)19-14(15-12)10-17-8-6-16(4-2)7-9-17/h18H,3-11H2,1-2H3. The summed E-state index contributed by atoms with van der Waals surface area (Å²) in [5.41, 5.74) is 1.28. The fraction of sp³-hybridized carbons (Fsp3) is 0.786. The number of aromatic nitrogens is 1. The predicted octanol–water partition coefficient (Wildman–Crippen LogP) is 2.66. The van der Waals surface area contributed by atoms with E-state index in [-0.39, 0.29) is 0 Å². The van der Waals surface area contributed by atoms with Crippen LogP contribution in [0, 0.1) is 0 Å². The Labute approximate surface area is 126 Å². The van der Waals surface area contributed by atoms with Crippen molar-refractivity contribution >= 4 is 24.0 Å². The van der Waals surface area contributed by atoms with Crippen molar-refractivity contribution in [3.63, 3.8) is 0 Å². The largest absolute Gasteiger partial charge is 0.301 e. The second-order valence-corrected chi connectivity index (χ2v) is 6.58. The Morgan fingerprint density at radius 2 is 1.84 bits per heavy atom. The molecule has 1 aromatic heterocycles. The summed E-state index contributed by atoms with van der Waals surface area (Å²) in [6.45, 7) is 11.4. The number of thiol groups is 1. The van der Waals surface area contributed by atoms with E-state index in [1.54, 1.807) is 0 Å². The molecule has 1 aliphatic heterocycles. The smallest absolute Gasteiger partial charge is 0.107 e. The number of aryl methyl sites for hydroxylation is 1. The minimum absolute atomic E-state index is 0.830. The minimum Gasteiger partial charge on any atom is -0.301 e. The van der Waals surface area contributed by atoms with Crippen molar-refractivity contribution < 1.29 is 0 Å². The first kappa shape index (κ1) is 15.3. The summed E-state index contributed by atoms with van der Waals surface area (Å²) in [4.78, 5) is 11.2. The fourth-order valence-electron chi connectivity index (χ4n) is 2.52. The molecular weight excluding hydrogens is 274 g/mol. The highest BCUT2D eigenvalue weighted by Gasteiger charge is 2.17. The van der Waals surface area contributed by atoms with E-state index in [1.165, 1.54) is 54.7 Å². The van der Waals surface area contributed by atoms with Crippen molar-refractivity contribution in [2.45, 2.75) is 39.0 Å². The average Bonchev–Trinajstić information content (AvgIpc) is 2.82. The highest BCUT2D eigenvalue weighted by Crippen LogP contribution is 2.23. The molecule has 0 spiro atoms. The first-order valence-corrected chi connectivity index (χ1v) is 8.74. The zero-order valence-corrected chi connectivity index (χ0v) is 13.8. The van der Waals surface area contributed by atoms with Crippen LogP contribution < -0.4 is 0 Å². The number of rotatable bonds is 6. The Bertz CT molecular complexity index is 384. The first-order chi connectivity index (χ1) is 9.26. The lowest BCUT2D eigenvalue weighted by atomic mass is 10.2. The quantitative estimate of drug-likeness (QED) is 0.815. The van der Waals surface area contributed by atoms with E-state index in [0.717, 1.165) is 18.7 Å². The minimum atomic E-state index is 0.830. The van der Waals surface area contributed by atoms with Gasteiger partial charge >= 0.3 is 0 Å². The van der Waals surface area contributed by atoms with E-state index in [1.807, 2.05) is 11.3 Å². The highest BCUT2D eigenvalue weighted by atomic mass is 32.1. The molecule has 0 bridgehead atoms. The van der Waals surface area contributed by atoms with Gasteiger partial charge in [-0.15, -0.1) is 11.3 Å². The van der Waals surface area contributed by atoms with Crippen LogP contribution in [0.3, 0.4) is 0 Å². The SMILES string of the molecule is CCCc1nc(CN2CCN(CC)CC2)sc1CS. The van der Waals surface area contributed by atoms with Crippen LogP contribution in [-0.2, 0) is 18.7 Å². The van der Waals surface area contributed by atoms with E-state index >= 15 is 0 Å². The maximum atomic E-state index is 4.82. The maximum Gasteiger partial charge on any atom is 0.107 e. The number of piperazine rings is 1. The molecule has 0 amide bonds. The van der Waals surface area contributed by atoms with Crippen molar-refractivity contribution in [1.82, 2.24) is 14.8 Å². The van der Waals surface area contributed by atoms with Crippen molar-refractivity contribution in [3.05, 3.63) is 15.6 Å². The summed E-state index contributed by atoms with van der Waals surface area (Å²) in [5.74, 6) is 0.830. The van der Waals surface area contributed by atoms with Gasteiger partial charge in [0.25, 0.3) is 0 Å². The molecule has 0 aromatic carbocycles. The zero-order chi connectivity index (χ0) is 13.7. The second kappa shape index (κ2) is 7.62. The Balaban J connectivity index is 1.92. The summed E-state index contributed by atoms with van der Waals surface area (Å²) in [5, 5.41) is 1.28. The van der Waals surface area contributed by atoms with Gasteiger partial charge in [0.1, 0.15) is 5.01 Å². The molecule has 0 N–H and O–H groups in total. The average molecular weight is 300 g/mol. The van der Waals surface area contributed by atoms with Gasteiger partial charge in [0.2, 0.25) is 0 Å². The monoisotopic (exact) mass is 299 g/mol. The Morgan fingerprint density at radius 1 is 1.16 bits per heavy atom. The molecule has 1 aromatic rings. The molecule has 3 nitrogen and oxygen atoms in total. The topological polar surface area (TPSA) is 19.4 Å². The van der Waals surface area contributed by atoms with Gasteiger partial charge in [0.05, 0.1) is 12.2 Å².